The molecule has 0 aliphatic heterocycles. The number of carbonyl (C=O) groups excluding carboxylic acids is 1. The lowest BCUT2D eigenvalue weighted by Gasteiger charge is -2.19. The van der Waals surface area contributed by atoms with Crippen LogP contribution in [0.4, 0.5) is 0 Å². The van der Waals surface area contributed by atoms with E-state index in [1.807, 2.05) is 25.3 Å². The molecule has 0 fully saturated rings. The predicted octanol–water partition coefficient (Wildman–Crippen LogP) is 2.80. The van der Waals surface area contributed by atoms with Crippen molar-refractivity contribution in [1.82, 2.24) is 5.32 Å². The fourth-order valence-electron chi connectivity index (χ4n) is 1.38. The van der Waals surface area contributed by atoms with Gasteiger partial charge in [-0.25, -0.2) is 0 Å². The Morgan fingerprint density at radius 1 is 1.62 bits per heavy atom. The van der Waals surface area contributed by atoms with Crippen molar-refractivity contribution in [2.24, 2.45) is 5.92 Å². The van der Waals surface area contributed by atoms with Crippen LogP contribution in [0.3, 0.4) is 0 Å². The Labute approximate surface area is 108 Å². The molecule has 0 aliphatic carbocycles. The second kappa shape index (κ2) is 6.37. The van der Waals surface area contributed by atoms with E-state index in [-0.39, 0.29) is 17.9 Å². The minimum Gasteiger partial charge on any atom is -0.468 e. The molecule has 1 N–H and O–H groups in total. The Balaban J connectivity index is 2.53. The van der Waals surface area contributed by atoms with Crippen LogP contribution in [0.2, 0.25) is 0 Å². The Morgan fingerprint density at radius 3 is 2.75 bits per heavy atom. The Kier molecular flexibility index (Phi) is 5.44. The number of hydrogen-bond acceptors (Lipinski definition) is 4. The minimum atomic E-state index is -0.245. The Bertz CT molecular complexity index is 352. The van der Waals surface area contributed by atoms with Gasteiger partial charge in [0.1, 0.15) is 6.04 Å². The van der Waals surface area contributed by atoms with E-state index in [2.05, 4.69) is 21.2 Å². The Hall–Kier alpha value is -0.390. The molecule has 1 atom stereocenters. The van der Waals surface area contributed by atoms with Crippen molar-refractivity contribution in [3.05, 3.63) is 20.8 Å². The Morgan fingerprint density at radius 2 is 2.31 bits per heavy atom. The summed E-state index contributed by atoms with van der Waals surface area (Å²) in [6.45, 7) is 4.69. The van der Waals surface area contributed by atoms with Crippen molar-refractivity contribution >= 4 is 33.2 Å². The zero-order valence-electron chi connectivity index (χ0n) is 9.62. The van der Waals surface area contributed by atoms with Crippen molar-refractivity contribution in [1.29, 1.82) is 0 Å². The molecule has 1 aromatic rings. The summed E-state index contributed by atoms with van der Waals surface area (Å²) in [5.74, 6) is 0.0153. The summed E-state index contributed by atoms with van der Waals surface area (Å²) in [5.41, 5.74) is 0. The van der Waals surface area contributed by atoms with Crippen LogP contribution < -0.4 is 5.32 Å². The summed E-state index contributed by atoms with van der Waals surface area (Å²) in [6, 6.07) is 1.80. The zero-order valence-corrected chi connectivity index (χ0v) is 12.0. The second-order valence-corrected chi connectivity index (χ2v) is 5.77. The number of halogens is 1. The highest BCUT2D eigenvalue weighted by Crippen LogP contribution is 2.19. The molecule has 0 aromatic carbocycles. The third-order valence-electron chi connectivity index (χ3n) is 2.24. The van der Waals surface area contributed by atoms with Gasteiger partial charge in [0.25, 0.3) is 0 Å². The van der Waals surface area contributed by atoms with E-state index in [1.54, 1.807) is 11.3 Å². The van der Waals surface area contributed by atoms with Crippen molar-refractivity contribution in [2.45, 2.75) is 26.4 Å². The van der Waals surface area contributed by atoms with Crippen LogP contribution in [0.5, 0.6) is 0 Å². The molecule has 0 aliphatic rings. The maximum absolute atomic E-state index is 11.5. The van der Waals surface area contributed by atoms with Crippen LogP contribution in [0, 0.1) is 5.92 Å². The number of thiophene rings is 1. The molecule has 1 rings (SSSR count). The average molecular weight is 306 g/mol. The first kappa shape index (κ1) is 13.7. The quantitative estimate of drug-likeness (QED) is 0.850. The number of hydrogen-bond donors (Lipinski definition) is 1. The normalized spacial score (nSPS) is 12.8. The molecule has 0 spiro atoms. The van der Waals surface area contributed by atoms with Gasteiger partial charge in [-0.2, -0.15) is 0 Å². The van der Waals surface area contributed by atoms with Gasteiger partial charge in [0.2, 0.25) is 0 Å². The van der Waals surface area contributed by atoms with Crippen LogP contribution in [-0.2, 0) is 16.1 Å². The van der Waals surface area contributed by atoms with Gasteiger partial charge in [-0.1, -0.05) is 13.8 Å². The zero-order chi connectivity index (χ0) is 12.1. The van der Waals surface area contributed by atoms with Crippen molar-refractivity contribution in [3.8, 4) is 0 Å². The van der Waals surface area contributed by atoms with E-state index in [0.29, 0.717) is 6.54 Å². The molecule has 0 unspecified atom stereocenters. The highest BCUT2D eigenvalue weighted by molar-refractivity contribution is 9.10. The van der Waals surface area contributed by atoms with Gasteiger partial charge in [0, 0.05) is 21.3 Å². The van der Waals surface area contributed by atoms with Gasteiger partial charge in [0.15, 0.2) is 0 Å². The monoisotopic (exact) mass is 305 g/mol. The SMILES string of the molecule is COC(=O)[C@@H](NCc1cc(Br)cs1)C(C)C. The van der Waals surface area contributed by atoms with Gasteiger partial charge in [0.05, 0.1) is 7.11 Å². The summed E-state index contributed by atoms with van der Waals surface area (Å²) in [6.07, 6.45) is 0. The topological polar surface area (TPSA) is 38.3 Å². The van der Waals surface area contributed by atoms with Crippen molar-refractivity contribution in [3.63, 3.8) is 0 Å². The number of esters is 1. The highest BCUT2D eigenvalue weighted by atomic mass is 79.9. The van der Waals surface area contributed by atoms with Gasteiger partial charge < -0.3 is 4.74 Å². The standard InChI is InChI=1S/C11H16BrNO2S/c1-7(2)10(11(14)15-3)13-5-9-4-8(12)6-16-9/h4,6-7,10,13H,5H2,1-3H3/t10-/m0/s1. The number of carbonyl (C=O) groups is 1. The van der Waals surface area contributed by atoms with Gasteiger partial charge in [-0.05, 0) is 27.9 Å². The molecular formula is C11H16BrNO2S. The first-order valence-electron chi connectivity index (χ1n) is 5.08. The largest absolute Gasteiger partial charge is 0.468 e. The fourth-order valence-corrected chi connectivity index (χ4v) is 2.78. The van der Waals surface area contributed by atoms with Crippen LogP contribution in [0.1, 0.15) is 18.7 Å². The van der Waals surface area contributed by atoms with Crippen LogP contribution in [-0.4, -0.2) is 19.1 Å². The van der Waals surface area contributed by atoms with Crippen LogP contribution in [0.15, 0.2) is 15.9 Å². The van der Waals surface area contributed by atoms with Gasteiger partial charge in [-0.15, -0.1) is 11.3 Å². The second-order valence-electron chi connectivity index (χ2n) is 3.86. The third-order valence-corrected chi connectivity index (χ3v) is 3.94. The molecular weight excluding hydrogens is 290 g/mol. The summed E-state index contributed by atoms with van der Waals surface area (Å²) in [5, 5.41) is 5.24. The molecule has 1 heterocycles. The van der Waals surface area contributed by atoms with Crippen molar-refractivity contribution in [2.75, 3.05) is 7.11 Å². The molecule has 0 saturated heterocycles. The van der Waals surface area contributed by atoms with Crippen LogP contribution >= 0.6 is 27.3 Å². The molecule has 0 amide bonds. The lowest BCUT2D eigenvalue weighted by atomic mass is 10.0. The number of methoxy groups -OCH3 is 1. The molecule has 1 aromatic heterocycles. The van der Waals surface area contributed by atoms with Gasteiger partial charge in [-0.3, -0.25) is 10.1 Å². The maximum Gasteiger partial charge on any atom is 0.323 e. The summed E-state index contributed by atoms with van der Waals surface area (Å²) >= 11 is 5.06. The summed E-state index contributed by atoms with van der Waals surface area (Å²) in [7, 11) is 1.42. The molecule has 5 heteroatoms. The minimum absolute atomic E-state index is 0.203. The number of rotatable bonds is 5. The lowest BCUT2D eigenvalue weighted by Crippen LogP contribution is -2.41. The predicted molar refractivity (Wildman–Crippen MR) is 69.5 cm³/mol. The smallest absolute Gasteiger partial charge is 0.323 e. The molecule has 16 heavy (non-hydrogen) atoms. The third kappa shape index (κ3) is 3.88. The molecule has 0 radical (unpaired) electrons. The van der Waals surface area contributed by atoms with Crippen LogP contribution in [0.25, 0.3) is 0 Å². The van der Waals surface area contributed by atoms with E-state index in [9.17, 15) is 4.79 Å². The highest BCUT2D eigenvalue weighted by Gasteiger charge is 2.22. The first-order valence-corrected chi connectivity index (χ1v) is 6.76. The van der Waals surface area contributed by atoms with Crippen molar-refractivity contribution < 1.29 is 9.53 Å². The van der Waals surface area contributed by atoms with E-state index in [1.165, 1.54) is 12.0 Å². The summed E-state index contributed by atoms with van der Waals surface area (Å²) in [4.78, 5) is 12.7. The van der Waals surface area contributed by atoms with E-state index in [4.69, 9.17) is 4.74 Å². The first-order chi connectivity index (χ1) is 7.54. The van der Waals surface area contributed by atoms with E-state index < -0.39 is 0 Å². The average Bonchev–Trinajstić information content (AvgIpc) is 2.63. The molecule has 0 saturated carbocycles. The summed E-state index contributed by atoms with van der Waals surface area (Å²) < 4.78 is 5.84. The molecule has 90 valence electrons. The molecule has 3 nitrogen and oxygen atoms in total. The maximum atomic E-state index is 11.5. The number of nitrogens with one attached hydrogen (secondary N) is 1. The van der Waals surface area contributed by atoms with Gasteiger partial charge >= 0.3 is 5.97 Å². The fraction of sp³-hybridized carbons (Fsp3) is 0.545. The molecule has 0 bridgehead atoms. The van der Waals surface area contributed by atoms with E-state index in [0.717, 1.165) is 4.47 Å². The lowest BCUT2D eigenvalue weighted by molar-refractivity contribution is -0.144. The number of ether oxygens (including phenoxy) is 1. The van der Waals surface area contributed by atoms with E-state index >= 15 is 0 Å².